The molecule has 2 heterocycles. The summed E-state index contributed by atoms with van der Waals surface area (Å²) in [6.07, 6.45) is 2.80. The van der Waals surface area contributed by atoms with E-state index in [1.807, 2.05) is 11.8 Å². The molecule has 1 unspecified atom stereocenters. The van der Waals surface area contributed by atoms with Gasteiger partial charge in [0.15, 0.2) is 0 Å². The number of benzene rings is 1. The fourth-order valence-electron chi connectivity index (χ4n) is 3.35. The zero-order valence-corrected chi connectivity index (χ0v) is 12.6. The van der Waals surface area contributed by atoms with Gasteiger partial charge in [0.25, 0.3) is 0 Å². The van der Waals surface area contributed by atoms with E-state index in [9.17, 15) is 4.79 Å². The molecule has 0 aromatic heterocycles. The summed E-state index contributed by atoms with van der Waals surface area (Å²) in [6.45, 7) is 3.38. The summed E-state index contributed by atoms with van der Waals surface area (Å²) in [5.41, 5.74) is 6.81. The minimum atomic E-state index is -0.149. The summed E-state index contributed by atoms with van der Waals surface area (Å²) >= 11 is 1.99. The third-order valence-corrected chi connectivity index (χ3v) is 5.73. The van der Waals surface area contributed by atoms with E-state index in [2.05, 4.69) is 29.2 Å². The van der Waals surface area contributed by atoms with Gasteiger partial charge in [-0.2, -0.15) is 0 Å². The number of amides is 1. The zero-order valence-electron chi connectivity index (χ0n) is 11.8. The van der Waals surface area contributed by atoms with E-state index in [1.54, 1.807) is 0 Å². The summed E-state index contributed by atoms with van der Waals surface area (Å²) < 4.78 is 0. The fourth-order valence-corrected chi connectivity index (χ4v) is 4.59. The first-order valence-electron chi connectivity index (χ1n) is 7.45. The number of hydrogen-bond donors (Lipinski definition) is 1. The van der Waals surface area contributed by atoms with Crippen LogP contribution in [0.15, 0.2) is 29.2 Å². The van der Waals surface area contributed by atoms with E-state index in [-0.39, 0.29) is 5.91 Å². The van der Waals surface area contributed by atoms with E-state index in [1.165, 1.54) is 16.2 Å². The van der Waals surface area contributed by atoms with Crippen LogP contribution in [-0.2, 0) is 4.79 Å². The first-order valence-corrected chi connectivity index (χ1v) is 8.43. The molecule has 2 N–H and O–H groups in total. The molecule has 1 fully saturated rings. The van der Waals surface area contributed by atoms with Crippen molar-refractivity contribution >= 4 is 17.7 Å². The Labute approximate surface area is 124 Å². The van der Waals surface area contributed by atoms with Crippen molar-refractivity contribution in [3.63, 3.8) is 0 Å². The fraction of sp³-hybridized carbons (Fsp3) is 0.562. The average molecular weight is 290 g/mol. The van der Waals surface area contributed by atoms with Crippen LogP contribution in [0.2, 0.25) is 0 Å². The maximum Gasteiger partial charge on any atom is 0.217 e. The number of nitrogens with two attached hydrogens (primary N) is 1. The molecule has 0 bridgehead atoms. The van der Waals surface area contributed by atoms with Crippen LogP contribution in [0.5, 0.6) is 0 Å². The molecule has 108 valence electrons. The highest BCUT2D eigenvalue weighted by atomic mass is 32.2. The number of hydrogen-bond acceptors (Lipinski definition) is 3. The number of thioether (sulfide) groups is 1. The largest absolute Gasteiger partial charge is 0.370 e. The van der Waals surface area contributed by atoms with Crippen molar-refractivity contribution in [1.82, 2.24) is 4.90 Å². The Bertz CT molecular complexity index is 483. The van der Waals surface area contributed by atoms with Crippen molar-refractivity contribution in [2.24, 2.45) is 11.7 Å². The molecule has 2 aliphatic heterocycles. The van der Waals surface area contributed by atoms with Crippen LogP contribution in [0.4, 0.5) is 0 Å². The Kier molecular flexibility index (Phi) is 4.32. The lowest BCUT2D eigenvalue weighted by molar-refractivity contribution is -0.119. The molecule has 3 nitrogen and oxygen atoms in total. The second-order valence-corrected chi connectivity index (χ2v) is 7.02. The lowest BCUT2D eigenvalue weighted by Gasteiger charge is -2.33. The highest BCUT2D eigenvalue weighted by Gasteiger charge is 2.27. The summed E-state index contributed by atoms with van der Waals surface area (Å²) in [4.78, 5) is 15.0. The van der Waals surface area contributed by atoms with E-state index in [0.29, 0.717) is 18.3 Å². The molecule has 1 atom stereocenters. The van der Waals surface area contributed by atoms with Crippen LogP contribution >= 0.6 is 11.8 Å². The molecule has 1 amide bonds. The Morgan fingerprint density at radius 2 is 2.05 bits per heavy atom. The van der Waals surface area contributed by atoms with E-state index >= 15 is 0 Å². The van der Waals surface area contributed by atoms with E-state index in [4.69, 9.17) is 5.73 Å². The Morgan fingerprint density at radius 1 is 1.30 bits per heavy atom. The smallest absolute Gasteiger partial charge is 0.217 e. The number of rotatable bonds is 4. The minimum Gasteiger partial charge on any atom is -0.370 e. The van der Waals surface area contributed by atoms with Crippen LogP contribution in [0.3, 0.4) is 0 Å². The average Bonchev–Trinajstić information content (AvgIpc) is 2.84. The van der Waals surface area contributed by atoms with Crippen LogP contribution < -0.4 is 5.73 Å². The number of nitrogens with zero attached hydrogens (tertiary/aromatic N) is 1. The van der Waals surface area contributed by atoms with E-state index in [0.717, 1.165) is 32.5 Å². The van der Waals surface area contributed by atoms with Crippen molar-refractivity contribution in [2.45, 2.75) is 30.1 Å². The lowest BCUT2D eigenvalue weighted by Crippen LogP contribution is -2.37. The van der Waals surface area contributed by atoms with Gasteiger partial charge >= 0.3 is 0 Å². The number of fused-ring (bicyclic) bond motifs is 1. The van der Waals surface area contributed by atoms with Crippen molar-refractivity contribution in [3.8, 4) is 0 Å². The van der Waals surface area contributed by atoms with Crippen LogP contribution in [0.1, 0.15) is 30.7 Å². The molecule has 0 radical (unpaired) electrons. The first-order chi connectivity index (χ1) is 9.72. The predicted molar refractivity (Wildman–Crippen MR) is 82.9 cm³/mol. The topological polar surface area (TPSA) is 46.3 Å². The highest BCUT2D eigenvalue weighted by Crippen LogP contribution is 2.40. The standard InChI is InChI=1S/C16H22N2OS/c17-16(19)9-12-5-7-18(8-6-12)10-13-11-20-15-4-2-1-3-14(13)15/h1-4,12-13H,5-11H2,(H2,17,19). The molecule has 20 heavy (non-hydrogen) atoms. The number of likely N-dealkylation sites (tertiary alicyclic amines) is 1. The maximum absolute atomic E-state index is 11.0. The van der Waals surface area contributed by atoms with Crippen molar-refractivity contribution in [2.75, 3.05) is 25.4 Å². The quantitative estimate of drug-likeness (QED) is 0.926. The minimum absolute atomic E-state index is 0.149. The summed E-state index contributed by atoms with van der Waals surface area (Å²) in [6, 6.07) is 8.79. The van der Waals surface area contributed by atoms with Crippen LogP contribution in [0.25, 0.3) is 0 Å². The molecule has 2 aliphatic rings. The molecule has 1 aromatic carbocycles. The van der Waals surface area contributed by atoms with Crippen LogP contribution in [0, 0.1) is 5.92 Å². The number of carbonyl (C=O) groups excluding carboxylic acids is 1. The van der Waals surface area contributed by atoms with Crippen molar-refractivity contribution in [1.29, 1.82) is 0 Å². The van der Waals surface area contributed by atoms with Gasteiger partial charge in [-0.1, -0.05) is 18.2 Å². The van der Waals surface area contributed by atoms with Gasteiger partial charge in [0.2, 0.25) is 5.91 Å². The van der Waals surface area contributed by atoms with Crippen LogP contribution in [-0.4, -0.2) is 36.2 Å². The SMILES string of the molecule is NC(=O)CC1CCN(CC2CSc3ccccc32)CC1. The molecule has 1 saturated heterocycles. The third kappa shape index (κ3) is 3.18. The number of piperidine rings is 1. The van der Waals surface area contributed by atoms with Gasteiger partial charge in [0.05, 0.1) is 0 Å². The van der Waals surface area contributed by atoms with Gasteiger partial charge < -0.3 is 10.6 Å². The molecule has 1 aromatic rings. The molecule has 0 spiro atoms. The monoisotopic (exact) mass is 290 g/mol. The molecular formula is C16H22N2OS. The normalized spacial score (nSPS) is 23.7. The van der Waals surface area contributed by atoms with Crippen molar-refractivity contribution < 1.29 is 4.79 Å². The van der Waals surface area contributed by atoms with Gasteiger partial charge in [-0.3, -0.25) is 4.79 Å². The third-order valence-electron chi connectivity index (χ3n) is 4.47. The Hall–Kier alpha value is -1.00. The Morgan fingerprint density at radius 3 is 2.80 bits per heavy atom. The van der Waals surface area contributed by atoms with Gasteiger partial charge in [-0.15, -0.1) is 11.8 Å². The van der Waals surface area contributed by atoms with Gasteiger partial charge in [0.1, 0.15) is 0 Å². The second-order valence-electron chi connectivity index (χ2n) is 5.96. The van der Waals surface area contributed by atoms with Gasteiger partial charge in [-0.25, -0.2) is 0 Å². The Balaban J connectivity index is 1.52. The first kappa shape index (κ1) is 14.0. The molecule has 0 saturated carbocycles. The number of primary amides is 1. The summed E-state index contributed by atoms with van der Waals surface area (Å²) in [5.74, 6) is 2.24. The summed E-state index contributed by atoms with van der Waals surface area (Å²) in [5, 5.41) is 0. The second kappa shape index (κ2) is 6.19. The summed E-state index contributed by atoms with van der Waals surface area (Å²) in [7, 11) is 0. The highest BCUT2D eigenvalue weighted by molar-refractivity contribution is 7.99. The van der Waals surface area contributed by atoms with Crippen molar-refractivity contribution in [3.05, 3.63) is 29.8 Å². The zero-order chi connectivity index (χ0) is 13.9. The molecule has 0 aliphatic carbocycles. The molecule has 3 rings (SSSR count). The van der Waals surface area contributed by atoms with Gasteiger partial charge in [0, 0.05) is 29.5 Å². The molecule has 4 heteroatoms. The lowest BCUT2D eigenvalue weighted by atomic mass is 9.92. The maximum atomic E-state index is 11.0. The van der Waals surface area contributed by atoms with Gasteiger partial charge in [-0.05, 0) is 43.5 Å². The van der Waals surface area contributed by atoms with E-state index < -0.39 is 0 Å². The molecular weight excluding hydrogens is 268 g/mol. The number of carbonyl (C=O) groups is 1. The predicted octanol–water partition coefficient (Wildman–Crippen LogP) is 2.46.